The fourth-order valence-electron chi connectivity index (χ4n) is 17.7. The third-order valence-electron chi connectivity index (χ3n) is 21.5. The average molecular weight is 1280 g/mol. The van der Waals surface area contributed by atoms with Gasteiger partial charge in [0.05, 0.1) is 79.9 Å². The minimum Gasteiger partial charge on any atom is -0.507 e. The van der Waals surface area contributed by atoms with Crippen LogP contribution in [0.15, 0.2) is 60.7 Å². The molecule has 23 nitrogen and oxygen atoms in total. The van der Waals surface area contributed by atoms with Gasteiger partial charge >= 0.3 is 0 Å². The summed E-state index contributed by atoms with van der Waals surface area (Å²) < 4.78 is 53.1. The van der Waals surface area contributed by atoms with Crippen LogP contribution in [0.5, 0.6) is 57.5 Å². The number of phenolic OH excluding ortho intramolecular Hbond substituents is 2. The minimum atomic E-state index is -0.691. The molecule has 94 heavy (non-hydrogen) atoms. The molecule has 10 atom stereocenters. The summed E-state index contributed by atoms with van der Waals surface area (Å²) in [6.07, 6.45) is 1.91. The molecule has 16 rings (SSSR count). The lowest BCUT2D eigenvalue weighted by molar-refractivity contribution is -0.0766. The van der Waals surface area contributed by atoms with Gasteiger partial charge in [0.1, 0.15) is 23.6 Å². The molecule has 10 aliphatic heterocycles. The summed E-state index contributed by atoms with van der Waals surface area (Å²) >= 11 is 0. The van der Waals surface area contributed by atoms with Crippen LogP contribution < -0.4 is 37.9 Å². The second-order valence-electron chi connectivity index (χ2n) is 25.8. The van der Waals surface area contributed by atoms with Crippen molar-refractivity contribution >= 4 is 23.6 Å². The van der Waals surface area contributed by atoms with Crippen LogP contribution in [-0.2, 0) is 30.4 Å². The highest BCUT2D eigenvalue weighted by molar-refractivity contribution is 6.22. The van der Waals surface area contributed by atoms with Crippen molar-refractivity contribution in [1.82, 2.24) is 29.4 Å². The largest absolute Gasteiger partial charge is 0.507 e. The molecular formula is C71H70N8O15. The molecule has 6 aromatic carbocycles. The van der Waals surface area contributed by atoms with Crippen molar-refractivity contribution in [3.8, 4) is 69.6 Å². The highest BCUT2D eigenvalue weighted by atomic mass is 16.7. The number of carbonyl (C=O) groups is 4. The Morgan fingerprint density at radius 1 is 0.511 bits per heavy atom. The summed E-state index contributed by atoms with van der Waals surface area (Å²) in [5.41, 5.74) is 11.2. The Morgan fingerprint density at radius 3 is 1.40 bits per heavy atom. The van der Waals surface area contributed by atoms with E-state index in [1.54, 1.807) is 83.9 Å². The summed E-state index contributed by atoms with van der Waals surface area (Å²) in [5, 5.41) is 45.3. The van der Waals surface area contributed by atoms with Gasteiger partial charge in [-0.1, -0.05) is 36.4 Å². The minimum absolute atomic E-state index is 0.00471. The average Bonchev–Trinajstić information content (AvgIpc) is 0.783. The van der Waals surface area contributed by atoms with Crippen LogP contribution in [0.1, 0.15) is 132 Å². The number of hydrogen-bond donors (Lipinski definition) is 2. The molecule has 4 amide bonds. The van der Waals surface area contributed by atoms with E-state index in [9.17, 15) is 39.9 Å². The lowest BCUT2D eigenvalue weighted by Crippen LogP contribution is -2.69. The summed E-state index contributed by atoms with van der Waals surface area (Å²) in [5.74, 6) is 2.91. The predicted molar refractivity (Wildman–Crippen MR) is 335 cm³/mol. The second-order valence-corrected chi connectivity index (χ2v) is 25.8. The van der Waals surface area contributed by atoms with Gasteiger partial charge in [-0.3, -0.25) is 48.6 Å². The van der Waals surface area contributed by atoms with Crippen LogP contribution in [0.2, 0.25) is 0 Å². The number of hydrogen-bond acceptors (Lipinski definition) is 21. The van der Waals surface area contributed by atoms with Crippen LogP contribution in [0.4, 0.5) is 0 Å². The number of nitriles is 2. The number of fused-ring (bicyclic) bond motifs is 20. The van der Waals surface area contributed by atoms with E-state index in [1.807, 2.05) is 34.9 Å². The first-order valence-corrected chi connectivity index (χ1v) is 31.5. The molecule has 4 bridgehead atoms. The molecule has 2 N–H and O–H groups in total. The monoisotopic (exact) mass is 1270 g/mol. The highest BCUT2D eigenvalue weighted by Gasteiger charge is 2.60. The van der Waals surface area contributed by atoms with Crippen molar-refractivity contribution in [3.05, 3.63) is 150 Å². The second kappa shape index (κ2) is 22.6. The van der Waals surface area contributed by atoms with E-state index in [2.05, 4.69) is 43.9 Å². The number of piperazine rings is 2. The molecule has 0 aliphatic carbocycles. The van der Waals surface area contributed by atoms with Gasteiger partial charge in [-0.2, -0.15) is 10.5 Å². The molecule has 23 heteroatoms. The number of carbonyl (C=O) groups excluding carboxylic acids is 4. The molecule has 4 unspecified atom stereocenters. The van der Waals surface area contributed by atoms with Crippen molar-refractivity contribution in [2.45, 2.75) is 114 Å². The normalized spacial score (nSPS) is 25.5. The molecule has 0 aromatic heterocycles. The molecule has 2 fully saturated rings. The van der Waals surface area contributed by atoms with E-state index in [1.165, 1.54) is 9.80 Å². The van der Waals surface area contributed by atoms with Gasteiger partial charge in [0.15, 0.2) is 52.8 Å². The predicted octanol–water partition coefficient (Wildman–Crippen LogP) is 7.62. The Labute approximate surface area is 542 Å². The lowest BCUT2D eigenvalue weighted by atomic mass is 9.71. The Morgan fingerprint density at radius 2 is 0.936 bits per heavy atom. The van der Waals surface area contributed by atoms with E-state index in [0.29, 0.717) is 111 Å². The molecule has 484 valence electrons. The van der Waals surface area contributed by atoms with Crippen molar-refractivity contribution in [2.75, 3.05) is 76.0 Å². The number of nitrogens with zero attached hydrogens (tertiary/aromatic N) is 8. The number of aromatic hydroxyl groups is 2. The molecule has 0 spiro atoms. The van der Waals surface area contributed by atoms with E-state index in [-0.39, 0.29) is 93.0 Å². The summed E-state index contributed by atoms with van der Waals surface area (Å²) in [6.45, 7) is 7.54. The van der Waals surface area contributed by atoms with Crippen LogP contribution in [0, 0.1) is 50.4 Å². The smallest absolute Gasteiger partial charge is 0.261 e. The quantitative estimate of drug-likeness (QED) is 0.0987. The zero-order chi connectivity index (χ0) is 65.8. The SMILES string of the molecule is COCOc1c(OC)c(C)cc2c1[C@@H]1C3Cc4c(O)c(C)c5c(c4[C@H](CN4C(=O)c6ccccc6C4=O)N3C(C#N)[C@H](C2)N1C)OCO5.COc1c(C)cc2c(c1O)[C@@H]1C3Cc4c(OC)c(C)c5c(c4[C@H](CN4C(=O)c6ccccc6C4=O)N3C(C#N)[C@H](C2)N1C)OCO5. The Balaban J connectivity index is 0.000000155. The molecule has 10 aliphatic rings. The molecule has 0 saturated carbocycles. The number of likely N-dealkylation sites (N-methyl/N-ethyl adjacent to an activating group) is 2. The summed E-state index contributed by atoms with van der Waals surface area (Å²) in [6, 6.07) is 18.6. The molecule has 10 heterocycles. The standard InChI is InChI=1S/C36H36N4O8.C35H34N4O7/c1-17-10-19-11-23-25(13-37)40-24(29(38(23)3)27(19)33(31(17)45-5)46-15-44-4)12-22-28(34-32(47-16-48-34)18(2)30(22)41)26(40)14-39-35(42)20-8-6-7-9-21(20)36(39)43;1-16-10-18-11-22-24(13-36)39-23(28(37(22)3)26(18)29(40)30(16)43-4)12-21-27(33-32(45-15-46-33)17(2)31(21)44-5)25(39)14-38-34(41)19-8-6-7-9-20(19)35(38)42/h6-10,23-26,29,41H,11-12,14-16H2,1-5H3;6-10,22-25,28,40H,11-12,14-15H2,1-5H3/t23-,24?,25?,26-,29-;22-,23?,24?,25-,28-/m00/s1. The zero-order valence-electron chi connectivity index (χ0n) is 53.7. The number of imide groups is 2. The maximum atomic E-state index is 13.8. The van der Waals surface area contributed by atoms with E-state index in [0.717, 1.165) is 50.1 Å². The van der Waals surface area contributed by atoms with E-state index >= 15 is 0 Å². The van der Waals surface area contributed by atoms with Crippen molar-refractivity contribution < 1.29 is 72.0 Å². The number of phenols is 2. The maximum absolute atomic E-state index is 13.8. The first kappa shape index (κ1) is 60.6. The number of rotatable bonds is 10. The molecule has 6 aromatic rings. The van der Waals surface area contributed by atoms with Crippen molar-refractivity contribution in [3.63, 3.8) is 0 Å². The molecule has 0 radical (unpaired) electrons. The lowest BCUT2D eigenvalue weighted by Gasteiger charge is -2.60. The summed E-state index contributed by atoms with van der Waals surface area (Å²) in [7, 11) is 10.4. The number of aryl methyl sites for hydroxylation is 2. The molecule has 2 saturated heterocycles. The van der Waals surface area contributed by atoms with Gasteiger partial charge < -0.3 is 52.8 Å². The fraction of sp³-hybridized carbons (Fsp3) is 0.408. The number of methoxy groups -OCH3 is 4. The first-order chi connectivity index (χ1) is 45.4. The van der Waals surface area contributed by atoms with Crippen LogP contribution in [0.25, 0.3) is 0 Å². The maximum Gasteiger partial charge on any atom is 0.261 e. The fourth-order valence-corrected chi connectivity index (χ4v) is 17.7. The van der Waals surface area contributed by atoms with Gasteiger partial charge in [0, 0.05) is 88.9 Å². The van der Waals surface area contributed by atoms with Gasteiger partial charge in [0.25, 0.3) is 23.6 Å². The Bertz CT molecular complexity index is 4320. The van der Waals surface area contributed by atoms with Crippen LogP contribution in [-0.4, -0.2) is 175 Å². The van der Waals surface area contributed by atoms with Crippen molar-refractivity contribution in [1.29, 1.82) is 10.5 Å². The number of amides is 4. The Hall–Kier alpha value is -9.62. The summed E-state index contributed by atoms with van der Waals surface area (Å²) in [4.78, 5) is 66.4. The van der Waals surface area contributed by atoms with Gasteiger partial charge in [-0.15, -0.1) is 0 Å². The highest BCUT2D eigenvalue weighted by Crippen LogP contribution is 2.61. The van der Waals surface area contributed by atoms with Crippen LogP contribution in [0.3, 0.4) is 0 Å². The van der Waals surface area contributed by atoms with E-state index in [4.69, 9.17) is 42.6 Å². The van der Waals surface area contributed by atoms with Gasteiger partial charge in [0.2, 0.25) is 13.6 Å². The van der Waals surface area contributed by atoms with E-state index < -0.39 is 36.0 Å². The third kappa shape index (κ3) is 8.43. The van der Waals surface area contributed by atoms with Crippen molar-refractivity contribution in [2.24, 2.45) is 0 Å². The topological polar surface area (TPSA) is 259 Å². The zero-order valence-corrected chi connectivity index (χ0v) is 53.7. The van der Waals surface area contributed by atoms with Gasteiger partial charge in [-0.25, -0.2) is 0 Å². The van der Waals surface area contributed by atoms with Gasteiger partial charge in [-0.05, 0) is 114 Å². The van der Waals surface area contributed by atoms with Crippen LogP contribution >= 0.6 is 0 Å². The Kier molecular flexibility index (Phi) is 14.5. The number of ether oxygens (including phenoxy) is 9. The third-order valence-corrected chi connectivity index (χ3v) is 21.5. The molecular weight excluding hydrogens is 1200 g/mol. The first-order valence-electron chi connectivity index (χ1n) is 31.5. The number of benzene rings is 6.